The SMILES string of the molecule is Cc1csc(CCCCNC(=O)NCC2(CO)CC2)n1. The van der Waals surface area contributed by atoms with Crippen LogP contribution in [0.1, 0.15) is 36.4 Å². The van der Waals surface area contributed by atoms with Crippen LogP contribution in [0.3, 0.4) is 0 Å². The first-order valence-corrected chi connectivity index (χ1v) is 8.05. The molecule has 1 aliphatic rings. The van der Waals surface area contributed by atoms with Crippen LogP contribution in [0.25, 0.3) is 0 Å². The van der Waals surface area contributed by atoms with Crippen LogP contribution in [0.2, 0.25) is 0 Å². The summed E-state index contributed by atoms with van der Waals surface area (Å²) in [7, 11) is 0. The molecule has 1 aromatic heterocycles. The molecule has 1 aliphatic carbocycles. The number of carbonyl (C=O) groups excluding carboxylic acids is 1. The van der Waals surface area contributed by atoms with E-state index in [-0.39, 0.29) is 18.1 Å². The van der Waals surface area contributed by atoms with Gasteiger partial charge < -0.3 is 15.7 Å². The standard InChI is InChI=1S/C14H23N3O2S/c1-11-8-20-12(17-11)4-2-3-7-15-13(19)16-9-14(10-18)5-6-14/h8,18H,2-7,9-10H2,1H3,(H2,15,16,19). The summed E-state index contributed by atoms with van der Waals surface area (Å²) in [5.74, 6) is 0. The van der Waals surface area contributed by atoms with E-state index < -0.39 is 0 Å². The molecule has 0 radical (unpaired) electrons. The molecule has 0 unspecified atom stereocenters. The van der Waals surface area contributed by atoms with Gasteiger partial charge in [-0.15, -0.1) is 11.3 Å². The van der Waals surface area contributed by atoms with Crippen LogP contribution in [-0.4, -0.2) is 35.8 Å². The molecule has 112 valence electrons. The Kier molecular flexibility index (Phi) is 5.37. The molecule has 3 N–H and O–H groups in total. The molecule has 1 aromatic rings. The van der Waals surface area contributed by atoms with Gasteiger partial charge in [0.2, 0.25) is 0 Å². The number of amides is 2. The van der Waals surface area contributed by atoms with Gasteiger partial charge in [0.15, 0.2) is 0 Å². The third kappa shape index (κ3) is 4.76. The maximum atomic E-state index is 11.6. The van der Waals surface area contributed by atoms with Crippen molar-refractivity contribution in [2.45, 2.75) is 39.0 Å². The number of hydrogen-bond donors (Lipinski definition) is 3. The Morgan fingerprint density at radius 3 is 2.85 bits per heavy atom. The molecule has 0 saturated heterocycles. The van der Waals surface area contributed by atoms with Crippen LogP contribution in [0, 0.1) is 12.3 Å². The number of unbranched alkanes of at least 4 members (excludes halogenated alkanes) is 1. The van der Waals surface area contributed by atoms with E-state index in [9.17, 15) is 4.79 Å². The fourth-order valence-electron chi connectivity index (χ4n) is 2.02. The van der Waals surface area contributed by atoms with Crippen molar-refractivity contribution in [3.8, 4) is 0 Å². The average Bonchev–Trinajstić information content (AvgIpc) is 3.12. The van der Waals surface area contributed by atoms with Gasteiger partial charge >= 0.3 is 6.03 Å². The molecule has 1 saturated carbocycles. The lowest BCUT2D eigenvalue weighted by molar-refractivity contribution is 0.203. The highest BCUT2D eigenvalue weighted by atomic mass is 32.1. The minimum absolute atomic E-state index is 0.0277. The number of rotatable bonds is 8. The number of urea groups is 1. The predicted molar refractivity (Wildman–Crippen MR) is 79.9 cm³/mol. The van der Waals surface area contributed by atoms with Crippen molar-refractivity contribution in [1.29, 1.82) is 0 Å². The summed E-state index contributed by atoms with van der Waals surface area (Å²) in [5.41, 5.74) is 1.06. The third-order valence-corrected chi connectivity index (χ3v) is 4.71. The van der Waals surface area contributed by atoms with E-state index in [1.54, 1.807) is 11.3 Å². The molecule has 6 heteroatoms. The third-order valence-electron chi connectivity index (χ3n) is 3.69. The highest BCUT2D eigenvalue weighted by molar-refractivity contribution is 7.09. The Balaban J connectivity index is 1.49. The summed E-state index contributed by atoms with van der Waals surface area (Å²) in [6.07, 6.45) is 4.99. The first kappa shape index (κ1) is 15.3. The lowest BCUT2D eigenvalue weighted by Gasteiger charge is -2.13. The molecule has 0 bridgehead atoms. The number of nitrogens with zero attached hydrogens (tertiary/aromatic N) is 1. The van der Waals surface area contributed by atoms with Crippen LogP contribution in [-0.2, 0) is 6.42 Å². The van der Waals surface area contributed by atoms with Crippen molar-refractivity contribution in [2.75, 3.05) is 19.7 Å². The van der Waals surface area contributed by atoms with Gasteiger partial charge in [-0.25, -0.2) is 9.78 Å². The summed E-state index contributed by atoms with van der Waals surface area (Å²) >= 11 is 1.70. The molecule has 0 aromatic carbocycles. The fraction of sp³-hybridized carbons (Fsp3) is 0.714. The average molecular weight is 297 g/mol. The van der Waals surface area contributed by atoms with E-state index in [0.717, 1.165) is 37.8 Å². The zero-order valence-electron chi connectivity index (χ0n) is 11.9. The maximum absolute atomic E-state index is 11.6. The zero-order chi connectivity index (χ0) is 14.4. The quantitative estimate of drug-likeness (QED) is 0.641. The van der Waals surface area contributed by atoms with Crippen LogP contribution in [0.4, 0.5) is 4.79 Å². The van der Waals surface area contributed by atoms with E-state index in [0.29, 0.717) is 13.1 Å². The Bertz CT molecular complexity index is 443. The number of carbonyl (C=O) groups is 1. The predicted octanol–water partition coefficient (Wildman–Crippen LogP) is 1.85. The number of aromatic nitrogens is 1. The van der Waals surface area contributed by atoms with Crippen molar-refractivity contribution >= 4 is 17.4 Å². The van der Waals surface area contributed by atoms with E-state index in [2.05, 4.69) is 21.0 Å². The molecule has 0 aliphatic heterocycles. The lowest BCUT2D eigenvalue weighted by Crippen LogP contribution is -2.39. The topological polar surface area (TPSA) is 74.2 Å². The highest BCUT2D eigenvalue weighted by Gasteiger charge is 2.41. The van der Waals surface area contributed by atoms with Crippen molar-refractivity contribution in [1.82, 2.24) is 15.6 Å². The first-order chi connectivity index (χ1) is 9.63. The van der Waals surface area contributed by atoms with Gasteiger partial charge in [0.1, 0.15) is 0 Å². The Morgan fingerprint density at radius 1 is 1.45 bits per heavy atom. The van der Waals surface area contributed by atoms with Crippen LogP contribution in [0.15, 0.2) is 5.38 Å². The smallest absolute Gasteiger partial charge is 0.314 e. The van der Waals surface area contributed by atoms with Gasteiger partial charge in [0.05, 0.1) is 11.6 Å². The van der Waals surface area contributed by atoms with E-state index in [1.807, 2.05) is 6.92 Å². The van der Waals surface area contributed by atoms with E-state index in [1.165, 1.54) is 5.01 Å². The molecular weight excluding hydrogens is 274 g/mol. The lowest BCUT2D eigenvalue weighted by atomic mass is 10.1. The Hall–Kier alpha value is -1.14. The number of aliphatic hydroxyl groups excluding tert-OH is 1. The molecule has 2 amide bonds. The zero-order valence-corrected chi connectivity index (χ0v) is 12.8. The normalized spacial score (nSPS) is 15.9. The number of aliphatic hydroxyl groups is 1. The summed E-state index contributed by atoms with van der Waals surface area (Å²) in [5, 5.41) is 18.1. The van der Waals surface area contributed by atoms with E-state index >= 15 is 0 Å². The van der Waals surface area contributed by atoms with Crippen molar-refractivity contribution < 1.29 is 9.90 Å². The van der Waals surface area contributed by atoms with Crippen molar-refractivity contribution in [3.05, 3.63) is 16.1 Å². The molecular formula is C14H23N3O2S. The summed E-state index contributed by atoms with van der Waals surface area (Å²) < 4.78 is 0. The number of thiazole rings is 1. The summed E-state index contributed by atoms with van der Waals surface area (Å²) in [6, 6.07) is -0.130. The second-order valence-electron chi connectivity index (χ2n) is 5.61. The van der Waals surface area contributed by atoms with Gasteiger partial charge in [-0.2, -0.15) is 0 Å². The minimum atomic E-state index is -0.130. The highest BCUT2D eigenvalue weighted by Crippen LogP contribution is 2.44. The number of hydrogen-bond acceptors (Lipinski definition) is 4. The molecule has 1 heterocycles. The minimum Gasteiger partial charge on any atom is -0.396 e. The van der Waals surface area contributed by atoms with E-state index in [4.69, 9.17) is 5.11 Å². The second kappa shape index (κ2) is 7.04. The molecule has 0 spiro atoms. The van der Waals surface area contributed by atoms with Gasteiger partial charge in [-0.05, 0) is 39.0 Å². The summed E-state index contributed by atoms with van der Waals surface area (Å²) in [4.78, 5) is 16.0. The van der Waals surface area contributed by atoms with Gasteiger partial charge in [0.25, 0.3) is 0 Å². The Labute approximate surface area is 123 Å². The van der Waals surface area contributed by atoms with Crippen LogP contribution < -0.4 is 10.6 Å². The van der Waals surface area contributed by atoms with Gasteiger partial charge in [-0.1, -0.05) is 0 Å². The van der Waals surface area contributed by atoms with Gasteiger partial charge in [-0.3, -0.25) is 0 Å². The van der Waals surface area contributed by atoms with Crippen molar-refractivity contribution in [2.24, 2.45) is 5.41 Å². The second-order valence-corrected chi connectivity index (χ2v) is 6.55. The number of aryl methyl sites for hydroxylation is 2. The molecule has 2 rings (SSSR count). The largest absolute Gasteiger partial charge is 0.396 e. The van der Waals surface area contributed by atoms with Crippen molar-refractivity contribution in [3.63, 3.8) is 0 Å². The molecule has 5 nitrogen and oxygen atoms in total. The first-order valence-electron chi connectivity index (χ1n) is 7.17. The molecule has 1 fully saturated rings. The Morgan fingerprint density at radius 2 is 2.25 bits per heavy atom. The van der Waals surface area contributed by atoms with Crippen LogP contribution >= 0.6 is 11.3 Å². The maximum Gasteiger partial charge on any atom is 0.314 e. The van der Waals surface area contributed by atoms with Gasteiger partial charge in [0, 0.05) is 29.6 Å². The number of nitrogens with one attached hydrogen (secondary N) is 2. The monoisotopic (exact) mass is 297 g/mol. The summed E-state index contributed by atoms with van der Waals surface area (Å²) in [6.45, 7) is 3.43. The molecule has 0 atom stereocenters. The fourth-order valence-corrected chi connectivity index (χ4v) is 2.84. The molecule has 20 heavy (non-hydrogen) atoms. The van der Waals surface area contributed by atoms with Crippen LogP contribution in [0.5, 0.6) is 0 Å².